The lowest BCUT2D eigenvalue weighted by molar-refractivity contribution is 0.103. The number of nitrogen functional groups attached to an aromatic ring is 1. The third-order valence-electron chi connectivity index (χ3n) is 6.96. The number of carbonyl (C=O) groups is 1. The maximum atomic E-state index is 13.2. The second-order valence-electron chi connectivity index (χ2n) is 8.85. The number of nitrogens with two attached hydrogens (primary N) is 1. The van der Waals surface area contributed by atoms with E-state index in [4.69, 9.17) is 5.73 Å². The largest absolute Gasteiger partial charge is 0.390 e. The molecule has 0 aliphatic carbocycles. The van der Waals surface area contributed by atoms with E-state index >= 15 is 0 Å². The van der Waals surface area contributed by atoms with Gasteiger partial charge in [-0.15, -0.1) is 11.3 Å². The van der Waals surface area contributed by atoms with Crippen molar-refractivity contribution in [3.05, 3.63) is 70.8 Å². The molecule has 160 valence electrons. The first-order valence-electron chi connectivity index (χ1n) is 11.5. The van der Waals surface area contributed by atoms with Crippen LogP contribution in [-0.2, 0) is 6.42 Å². The van der Waals surface area contributed by atoms with Crippen LogP contribution >= 0.6 is 11.3 Å². The molecule has 5 rings (SSSR count). The number of allylic oxidation sites excluding steroid dienone is 1. The van der Waals surface area contributed by atoms with Gasteiger partial charge in [0.15, 0.2) is 5.78 Å². The highest BCUT2D eigenvalue weighted by atomic mass is 32.1. The van der Waals surface area contributed by atoms with E-state index in [0.29, 0.717) is 6.04 Å². The Balaban J connectivity index is 1.51. The van der Waals surface area contributed by atoms with Crippen molar-refractivity contribution < 1.29 is 4.79 Å². The van der Waals surface area contributed by atoms with Crippen molar-refractivity contribution >= 4 is 37.8 Å². The molecule has 2 N–H and O–H groups in total. The van der Waals surface area contributed by atoms with Crippen molar-refractivity contribution in [2.45, 2.75) is 51.5 Å². The third kappa shape index (κ3) is 3.95. The van der Waals surface area contributed by atoms with Gasteiger partial charge in [-0.3, -0.25) is 9.69 Å². The predicted molar refractivity (Wildman–Crippen MR) is 132 cm³/mol. The zero-order chi connectivity index (χ0) is 21.4. The molecular weight excluding hydrogens is 400 g/mol. The number of ketones is 1. The second kappa shape index (κ2) is 8.60. The van der Waals surface area contributed by atoms with Crippen molar-refractivity contribution in [3.63, 3.8) is 0 Å². The number of aryl methyl sites for hydroxylation is 1. The maximum Gasteiger partial charge on any atom is 0.193 e. The third-order valence-corrected chi connectivity index (χ3v) is 7.96. The molecule has 1 fully saturated rings. The summed E-state index contributed by atoms with van der Waals surface area (Å²) >= 11 is 1.64. The molecule has 2 aromatic carbocycles. The second-order valence-corrected chi connectivity index (χ2v) is 9.93. The van der Waals surface area contributed by atoms with Gasteiger partial charge >= 0.3 is 0 Å². The molecule has 0 saturated carbocycles. The molecule has 31 heavy (non-hydrogen) atoms. The topological polar surface area (TPSA) is 46.3 Å². The average molecular weight is 431 g/mol. The zero-order valence-electron chi connectivity index (χ0n) is 18.2. The summed E-state index contributed by atoms with van der Waals surface area (Å²) in [5.41, 5.74) is 11.7. The lowest BCUT2D eigenvalue weighted by Gasteiger charge is -2.33. The molecule has 3 aromatic rings. The standard InChI is InChI=1S/C27H30N2OS/c1-2-18-6-5-7-20(16-18)26(30)21-10-12-24-23(17-21)25(27(28)31-24)19-9-11-22-8-3-4-14-29(22)15-13-19/h5-7,10,12-13,16-17,22H,2-4,8-9,11,14-15,28H2,1H3. The number of hydrogen-bond donors (Lipinski definition) is 1. The van der Waals surface area contributed by atoms with Crippen LogP contribution < -0.4 is 5.73 Å². The van der Waals surface area contributed by atoms with Crippen LogP contribution in [0.1, 0.15) is 66.1 Å². The summed E-state index contributed by atoms with van der Waals surface area (Å²) in [4.78, 5) is 15.9. The minimum absolute atomic E-state index is 0.0832. The number of nitrogens with zero attached hydrogens (tertiary/aromatic N) is 1. The molecule has 0 amide bonds. The Labute approximate surface area is 188 Å². The number of rotatable bonds is 4. The molecule has 1 saturated heterocycles. The van der Waals surface area contributed by atoms with E-state index in [-0.39, 0.29) is 5.78 Å². The van der Waals surface area contributed by atoms with Crippen molar-refractivity contribution in [2.75, 3.05) is 18.8 Å². The van der Waals surface area contributed by atoms with Gasteiger partial charge < -0.3 is 5.73 Å². The molecule has 0 spiro atoms. The summed E-state index contributed by atoms with van der Waals surface area (Å²) in [6, 6.07) is 14.8. The summed E-state index contributed by atoms with van der Waals surface area (Å²) in [6.45, 7) is 4.34. The van der Waals surface area contributed by atoms with Gasteiger partial charge in [0.1, 0.15) is 0 Å². The van der Waals surface area contributed by atoms with Gasteiger partial charge in [0.2, 0.25) is 0 Å². The lowest BCUT2D eigenvalue weighted by atomic mass is 9.94. The Morgan fingerprint density at radius 3 is 2.87 bits per heavy atom. The van der Waals surface area contributed by atoms with E-state index in [9.17, 15) is 4.79 Å². The fourth-order valence-electron chi connectivity index (χ4n) is 5.19. The quantitative estimate of drug-likeness (QED) is 0.494. The van der Waals surface area contributed by atoms with Crippen molar-refractivity contribution in [3.8, 4) is 0 Å². The molecule has 2 aliphatic rings. The van der Waals surface area contributed by atoms with Crippen LogP contribution in [0.2, 0.25) is 0 Å². The van der Waals surface area contributed by atoms with Crippen LogP contribution in [0, 0.1) is 0 Å². The van der Waals surface area contributed by atoms with E-state index < -0.39 is 0 Å². The fraction of sp³-hybridized carbons (Fsp3) is 0.370. The van der Waals surface area contributed by atoms with Crippen LogP contribution in [-0.4, -0.2) is 29.8 Å². The van der Waals surface area contributed by atoms with Crippen LogP contribution in [0.5, 0.6) is 0 Å². The van der Waals surface area contributed by atoms with Gasteiger partial charge in [0.25, 0.3) is 0 Å². The van der Waals surface area contributed by atoms with Crippen LogP contribution in [0.25, 0.3) is 15.7 Å². The van der Waals surface area contributed by atoms with Gasteiger partial charge in [-0.1, -0.05) is 37.6 Å². The number of benzene rings is 2. The van der Waals surface area contributed by atoms with E-state index in [2.05, 4.69) is 36.1 Å². The number of carbonyl (C=O) groups excluding carboxylic acids is 1. The Kier molecular flexibility index (Phi) is 5.68. The van der Waals surface area contributed by atoms with Crippen molar-refractivity contribution in [2.24, 2.45) is 0 Å². The Hall–Kier alpha value is -2.43. The van der Waals surface area contributed by atoms with Gasteiger partial charge in [-0.2, -0.15) is 0 Å². The first-order valence-corrected chi connectivity index (χ1v) is 12.3. The monoisotopic (exact) mass is 430 g/mol. The summed E-state index contributed by atoms with van der Waals surface area (Å²) in [5, 5.41) is 2.00. The molecule has 1 atom stereocenters. The maximum absolute atomic E-state index is 13.2. The van der Waals surface area contributed by atoms with E-state index in [1.165, 1.54) is 43.4 Å². The predicted octanol–water partition coefficient (Wildman–Crippen LogP) is 6.31. The zero-order valence-corrected chi connectivity index (χ0v) is 19.0. The smallest absolute Gasteiger partial charge is 0.193 e. The minimum atomic E-state index is 0.0832. The Morgan fingerprint density at radius 1 is 1.13 bits per heavy atom. The van der Waals surface area contributed by atoms with Crippen molar-refractivity contribution in [1.29, 1.82) is 0 Å². The first-order chi connectivity index (χ1) is 15.1. The van der Waals surface area contributed by atoms with Gasteiger partial charge in [0, 0.05) is 39.4 Å². The van der Waals surface area contributed by atoms with Gasteiger partial charge in [0.05, 0.1) is 5.00 Å². The minimum Gasteiger partial charge on any atom is -0.390 e. The summed E-state index contributed by atoms with van der Waals surface area (Å²) in [5.74, 6) is 0.0832. The Morgan fingerprint density at radius 2 is 2.00 bits per heavy atom. The molecule has 0 radical (unpaired) electrons. The number of fused-ring (bicyclic) bond motifs is 2. The number of piperidine rings is 1. The molecule has 1 aromatic heterocycles. The summed E-state index contributed by atoms with van der Waals surface area (Å²) in [7, 11) is 0. The van der Waals surface area contributed by atoms with Gasteiger partial charge in [-0.05, 0) is 74.1 Å². The van der Waals surface area contributed by atoms with E-state index in [1.54, 1.807) is 11.3 Å². The van der Waals surface area contributed by atoms with Crippen LogP contribution in [0.3, 0.4) is 0 Å². The van der Waals surface area contributed by atoms with E-state index in [1.807, 2.05) is 24.3 Å². The normalized spacial score (nSPS) is 19.6. The highest BCUT2D eigenvalue weighted by Gasteiger charge is 2.26. The molecular formula is C27H30N2OS. The number of thiophene rings is 1. The van der Waals surface area contributed by atoms with Crippen LogP contribution in [0.15, 0.2) is 48.5 Å². The molecule has 4 heteroatoms. The number of hydrogen-bond acceptors (Lipinski definition) is 4. The molecule has 3 nitrogen and oxygen atoms in total. The van der Waals surface area contributed by atoms with E-state index in [0.717, 1.165) is 51.2 Å². The summed E-state index contributed by atoms with van der Waals surface area (Å²) < 4.78 is 1.16. The Bertz CT molecular complexity index is 1160. The highest BCUT2D eigenvalue weighted by molar-refractivity contribution is 7.23. The first kappa shape index (κ1) is 20.5. The van der Waals surface area contributed by atoms with Crippen LogP contribution in [0.4, 0.5) is 5.00 Å². The lowest BCUT2D eigenvalue weighted by Crippen LogP contribution is -2.38. The molecule has 0 bridgehead atoms. The van der Waals surface area contributed by atoms with Crippen molar-refractivity contribution in [1.82, 2.24) is 4.90 Å². The molecule has 1 unspecified atom stereocenters. The SMILES string of the molecule is CCc1cccc(C(=O)c2ccc3sc(N)c(C4=CCN5CCCCC5CC4)c3c2)c1. The molecule has 3 heterocycles. The molecule has 2 aliphatic heterocycles. The highest BCUT2D eigenvalue weighted by Crippen LogP contribution is 2.41. The number of anilines is 1. The fourth-order valence-corrected chi connectivity index (χ4v) is 6.18. The van der Waals surface area contributed by atoms with Gasteiger partial charge in [-0.25, -0.2) is 0 Å². The average Bonchev–Trinajstić information content (AvgIpc) is 2.99. The summed E-state index contributed by atoms with van der Waals surface area (Å²) in [6.07, 6.45) is 9.56.